The summed E-state index contributed by atoms with van der Waals surface area (Å²) in [5, 5.41) is 3.40. The van der Waals surface area contributed by atoms with Gasteiger partial charge in [0, 0.05) is 35.6 Å². The molecule has 4 rings (SSSR count). The fourth-order valence-corrected chi connectivity index (χ4v) is 3.19. The highest BCUT2D eigenvalue weighted by atomic mass is 35.5. The van der Waals surface area contributed by atoms with Crippen molar-refractivity contribution in [1.29, 1.82) is 0 Å². The molecule has 5 heteroatoms. The monoisotopic (exact) mass is 323 g/mol. The van der Waals surface area contributed by atoms with Crippen molar-refractivity contribution in [3.8, 4) is 11.3 Å². The minimum atomic E-state index is -0.0464. The number of carbonyl (C=O) groups is 1. The summed E-state index contributed by atoms with van der Waals surface area (Å²) in [5.41, 5.74) is 4.60. The molecule has 1 aliphatic rings. The Labute approximate surface area is 138 Å². The Kier molecular flexibility index (Phi) is 3.39. The van der Waals surface area contributed by atoms with Crippen LogP contribution in [0.15, 0.2) is 54.7 Å². The smallest absolute Gasteiger partial charge is 0.253 e. The average Bonchev–Trinajstić information content (AvgIpc) is 3.02. The maximum Gasteiger partial charge on any atom is 0.253 e. The van der Waals surface area contributed by atoms with Crippen LogP contribution >= 0.6 is 11.6 Å². The molecule has 0 bridgehead atoms. The van der Waals surface area contributed by atoms with E-state index in [1.807, 2.05) is 30.3 Å². The molecule has 1 aromatic carbocycles. The number of nitrogens with one attached hydrogen (secondary N) is 2. The summed E-state index contributed by atoms with van der Waals surface area (Å²) in [6.07, 6.45) is 1.66. The van der Waals surface area contributed by atoms with Crippen LogP contribution in [0.2, 0.25) is 5.15 Å². The standard InChI is InChI=1S/C18H14ClN3O/c19-16-8-12(6-7-20-16)15-9-13-17(22-15)14(10-21-18(13)23)11-4-2-1-3-5-11/h1-9,14,22H,10H2,(H,21,23). The first kappa shape index (κ1) is 14.0. The molecule has 1 amide bonds. The van der Waals surface area contributed by atoms with Crippen LogP contribution < -0.4 is 5.32 Å². The number of H-pyrrole nitrogens is 1. The number of nitrogens with zero attached hydrogens (tertiary/aromatic N) is 1. The van der Waals surface area contributed by atoms with E-state index in [2.05, 4.69) is 27.4 Å². The van der Waals surface area contributed by atoms with E-state index in [0.29, 0.717) is 17.3 Å². The molecule has 23 heavy (non-hydrogen) atoms. The number of carbonyl (C=O) groups excluding carboxylic acids is 1. The van der Waals surface area contributed by atoms with E-state index < -0.39 is 0 Å². The lowest BCUT2D eigenvalue weighted by atomic mass is 9.90. The van der Waals surface area contributed by atoms with Crippen molar-refractivity contribution in [1.82, 2.24) is 15.3 Å². The molecule has 1 aliphatic heterocycles. The molecule has 3 aromatic rings. The summed E-state index contributed by atoms with van der Waals surface area (Å²) in [5.74, 6) is 0.0739. The maximum atomic E-state index is 12.2. The van der Waals surface area contributed by atoms with Gasteiger partial charge in [-0.3, -0.25) is 4.79 Å². The number of hydrogen-bond acceptors (Lipinski definition) is 2. The van der Waals surface area contributed by atoms with E-state index in [0.717, 1.165) is 17.0 Å². The zero-order valence-electron chi connectivity index (χ0n) is 12.2. The fraction of sp³-hybridized carbons (Fsp3) is 0.111. The molecule has 2 aromatic heterocycles. The van der Waals surface area contributed by atoms with E-state index in [9.17, 15) is 4.79 Å². The zero-order valence-corrected chi connectivity index (χ0v) is 13.0. The van der Waals surface area contributed by atoms with E-state index in [1.165, 1.54) is 5.56 Å². The van der Waals surface area contributed by atoms with E-state index in [1.54, 1.807) is 12.3 Å². The first-order valence-corrected chi connectivity index (χ1v) is 7.78. The predicted octanol–water partition coefficient (Wildman–Crippen LogP) is 3.61. The van der Waals surface area contributed by atoms with Gasteiger partial charge in [-0.1, -0.05) is 41.9 Å². The lowest BCUT2D eigenvalue weighted by Crippen LogP contribution is -2.35. The molecule has 0 saturated heterocycles. The molecule has 0 aliphatic carbocycles. The number of rotatable bonds is 2. The third-order valence-electron chi connectivity index (χ3n) is 4.15. The van der Waals surface area contributed by atoms with Crippen molar-refractivity contribution in [2.24, 2.45) is 0 Å². The van der Waals surface area contributed by atoms with Crippen LogP contribution in [0, 0.1) is 0 Å². The number of amides is 1. The van der Waals surface area contributed by atoms with Crippen molar-refractivity contribution in [3.05, 3.63) is 76.7 Å². The van der Waals surface area contributed by atoms with Crippen molar-refractivity contribution >= 4 is 17.5 Å². The molecule has 0 radical (unpaired) electrons. The van der Waals surface area contributed by atoms with E-state index in [4.69, 9.17) is 11.6 Å². The van der Waals surface area contributed by atoms with Gasteiger partial charge in [0.15, 0.2) is 0 Å². The Bertz CT molecular complexity index is 873. The maximum absolute atomic E-state index is 12.2. The van der Waals surface area contributed by atoms with Gasteiger partial charge in [0.05, 0.1) is 5.56 Å². The fourth-order valence-electron chi connectivity index (χ4n) is 3.02. The molecule has 1 unspecified atom stereocenters. The second-order valence-electron chi connectivity index (χ2n) is 5.55. The average molecular weight is 324 g/mol. The van der Waals surface area contributed by atoms with Crippen LogP contribution in [-0.4, -0.2) is 22.4 Å². The third-order valence-corrected chi connectivity index (χ3v) is 4.35. The molecule has 2 N–H and O–H groups in total. The molecule has 0 fully saturated rings. The van der Waals surface area contributed by atoms with Crippen LogP contribution in [0.25, 0.3) is 11.3 Å². The molecule has 0 spiro atoms. The first-order valence-electron chi connectivity index (χ1n) is 7.40. The van der Waals surface area contributed by atoms with Crippen molar-refractivity contribution in [2.45, 2.75) is 5.92 Å². The predicted molar refractivity (Wildman–Crippen MR) is 89.7 cm³/mol. The molecule has 3 heterocycles. The van der Waals surface area contributed by atoms with Gasteiger partial charge in [0.1, 0.15) is 5.15 Å². The number of fused-ring (bicyclic) bond motifs is 1. The number of benzene rings is 1. The Morgan fingerprint density at radius 1 is 1.13 bits per heavy atom. The number of pyridine rings is 1. The van der Waals surface area contributed by atoms with Gasteiger partial charge >= 0.3 is 0 Å². The SMILES string of the molecule is O=C1NCC(c2ccccc2)c2[nH]c(-c3ccnc(Cl)c3)cc21. The lowest BCUT2D eigenvalue weighted by molar-refractivity contribution is 0.0942. The zero-order chi connectivity index (χ0) is 15.8. The number of halogens is 1. The Balaban J connectivity index is 1.82. The minimum Gasteiger partial charge on any atom is -0.357 e. The van der Waals surface area contributed by atoms with Crippen LogP contribution in [0.3, 0.4) is 0 Å². The highest BCUT2D eigenvalue weighted by Gasteiger charge is 2.29. The third kappa shape index (κ3) is 2.51. The molecule has 114 valence electrons. The summed E-state index contributed by atoms with van der Waals surface area (Å²) < 4.78 is 0. The summed E-state index contributed by atoms with van der Waals surface area (Å²) >= 11 is 5.97. The highest BCUT2D eigenvalue weighted by molar-refractivity contribution is 6.29. The van der Waals surface area contributed by atoms with E-state index >= 15 is 0 Å². The quantitative estimate of drug-likeness (QED) is 0.708. The van der Waals surface area contributed by atoms with E-state index in [-0.39, 0.29) is 11.8 Å². The number of hydrogen-bond donors (Lipinski definition) is 2. The molecule has 1 atom stereocenters. The van der Waals surface area contributed by atoms with Gasteiger partial charge in [-0.2, -0.15) is 0 Å². The molecular formula is C18H14ClN3O. The van der Waals surface area contributed by atoms with Gasteiger partial charge in [-0.25, -0.2) is 4.98 Å². The molecular weight excluding hydrogens is 310 g/mol. The van der Waals surface area contributed by atoms with Gasteiger partial charge < -0.3 is 10.3 Å². The highest BCUT2D eigenvalue weighted by Crippen LogP contribution is 2.33. The Hall–Kier alpha value is -2.59. The van der Waals surface area contributed by atoms with Gasteiger partial charge in [0.2, 0.25) is 0 Å². The van der Waals surface area contributed by atoms with Crippen LogP contribution in [0.4, 0.5) is 0 Å². The summed E-state index contributed by atoms with van der Waals surface area (Å²) in [7, 11) is 0. The summed E-state index contributed by atoms with van der Waals surface area (Å²) in [4.78, 5) is 19.6. The topological polar surface area (TPSA) is 57.8 Å². The summed E-state index contributed by atoms with van der Waals surface area (Å²) in [6, 6.07) is 15.7. The van der Waals surface area contributed by atoms with Gasteiger partial charge in [-0.15, -0.1) is 0 Å². The van der Waals surface area contributed by atoms with Crippen LogP contribution in [0.1, 0.15) is 27.5 Å². The summed E-state index contributed by atoms with van der Waals surface area (Å²) in [6.45, 7) is 0.590. The number of aromatic nitrogens is 2. The number of aromatic amines is 1. The van der Waals surface area contributed by atoms with Crippen LogP contribution in [0.5, 0.6) is 0 Å². The second-order valence-corrected chi connectivity index (χ2v) is 5.94. The lowest BCUT2D eigenvalue weighted by Gasteiger charge is -2.23. The van der Waals surface area contributed by atoms with Gasteiger partial charge in [0.25, 0.3) is 5.91 Å². The second kappa shape index (κ2) is 5.56. The van der Waals surface area contributed by atoms with Crippen molar-refractivity contribution in [3.63, 3.8) is 0 Å². The van der Waals surface area contributed by atoms with Crippen molar-refractivity contribution in [2.75, 3.05) is 6.54 Å². The van der Waals surface area contributed by atoms with Gasteiger partial charge in [-0.05, 0) is 23.8 Å². The largest absolute Gasteiger partial charge is 0.357 e. The van der Waals surface area contributed by atoms with Crippen LogP contribution in [-0.2, 0) is 0 Å². The molecule has 4 nitrogen and oxygen atoms in total. The first-order chi connectivity index (χ1) is 11.2. The Morgan fingerprint density at radius 2 is 1.96 bits per heavy atom. The molecule has 0 saturated carbocycles. The van der Waals surface area contributed by atoms with Crippen molar-refractivity contribution < 1.29 is 4.79 Å². The Morgan fingerprint density at radius 3 is 2.74 bits per heavy atom. The minimum absolute atomic E-state index is 0.0464. The normalized spacial score (nSPS) is 16.7.